The summed E-state index contributed by atoms with van der Waals surface area (Å²) in [5.41, 5.74) is 1.19. The van der Waals surface area contributed by atoms with Crippen molar-refractivity contribution in [3.05, 3.63) is 24.1 Å². The first-order valence-electron chi connectivity index (χ1n) is 4.27. The summed E-state index contributed by atoms with van der Waals surface area (Å²) in [4.78, 5) is 4.25. The molecule has 0 amide bonds. The van der Waals surface area contributed by atoms with E-state index >= 15 is 0 Å². The van der Waals surface area contributed by atoms with Crippen molar-refractivity contribution in [3.8, 4) is 5.75 Å². The van der Waals surface area contributed by atoms with Crippen LogP contribution in [0.25, 0.3) is 11.1 Å². The molecular weight excluding hydrogens is 166 g/mol. The predicted molar refractivity (Wildman–Crippen MR) is 49.8 cm³/mol. The van der Waals surface area contributed by atoms with Crippen molar-refractivity contribution < 1.29 is 9.52 Å². The van der Waals surface area contributed by atoms with Crippen LogP contribution in [0, 0.1) is 0 Å². The zero-order chi connectivity index (χ0) is 9.42. The molecule has 2 rings (SSSR count). The molecule has 1 heterocycles. The van der Waals surface area contributed by atoms with Gasteiger partial charge in [0.1, 0.15) is 5.52 Å². The van der Waals surface area contributed by atoms with Crippen molar-refractivity contribution in [1.82, 2.24) is 4.98 Å². The summed E-state index contributed by atoms with van der Waals surface area (Å²) in [6.07, 6.45) is 0. The minimum Gasteiger partial charge on any atom is -0.504 e. The first-order valence-corrected chi connectivity index (χ1v) is 4.27. The maximum absolute atomic E-state index is 9.43. The highest BCUT2D eigenvalue weighted by molar-refractivity contribution is 5.78. The van der Waals surface area contributed by atoms with Crippen LogP contribution in [-0.4, -0.2) is 10.1 Å². The maximum Gasteiger partial charge on any atom is 0.198 e. The molecule has 0 aliphatic heterocycles. The second kappa shape index (κ2) is 2.76. The van der Waals surface area contributed by atoms with Gasteiger partial charge in [0.15, 0.2) is 17.2 Å². The minimum atomic E-state index is 0.150. The van der Waals surface area contributed by atoms with Crippen LogP contribution in [0.4, 0.5) is 0 Å². The van der Waals surface area contributed by atoms with Gasteiger partial charge in [0.25, 0.3) is 0 Å². The number of fused-ring (bicyclic) bond motifs is 1. The van der Waals surface area contributed by atoms with Crippen LogP contribution in [0.5, 0.6) is 5.75 Å². The number of para-hydroxylation sites is 1. The maximum atomic E-state index is 9.43. The van der Waals surface area contributed by atoms with Gasteiger partial charge in [0.2, 0.25) is 0 Å². The van der Waals surface area contributed by atoms with Crippen LogP contribution >= 0.6 is 0 Å². The predicted octanol–water partition coefficient (Wildman–Crippen LogP) is 2.66. The van der Waals surface area contributed by atoms with Gasteiger partial charge >= 0.3 is 0 Å². The fourth-order valence-corrected chi connectivity index (χ4v) is 1.20. The third-order valence-electron chi connectivity index (χ3n) is 1.90. The zero-order valence-electron chi connectivity index (χ0n) is 7.61. The Labute approximate surface area is 76.0 Å². The summed E-state index contributed by atoms with van der Waals surface area (Å²) in [5.74, 6) is 1.06. The highest BCUT2D eigenvalue weighted by atomic mass is 16.4. The van der Waals surface area contributed by atoms with E-state index in [2.05, 4.69) is 4.98 Å². The summed E-state index contributed by atoms with van der Waals surface area (Å²) in [6.45, 7) is 4.00. The van der Waals surface area contributed by atoms with E-state index < -0.39 is 0 Å². The number of oxazole rings is 1. The number of phenolic OH excluding ortho intramolecular Hbond substituents is 1. The summed E-state index contributed by atoms with van der Waals surface area (Å²) in [7, 11) is 0. The average molecular weight is 177 g/mol. The van der Waals surface area contributed by atoms with Crippen molar-refractivity contribution in [2.45, 2.75) is 19.8 Å². The average Bonchev–Trinajstić information content (AvgIpc) is 2.49. The van der Waals surface area contributed by atoms with Crippen LogP contribution in [0.1, 0.15) is 25.7 Å². The quantitative estimate of drug-likeness (QED) is 0.728. The van der Waals surface area contributed by atoms with Gasteiger partial charge in [-0.05, 0) is 12.1 Å². The highest BCUT2D eigenvalue weighted by Gasteiger charge is 2.11. The molecule has 3 heteroatoms. The van der Waals surface area contributed by atoms with E-state index in [1.807, 2.05) is 19.9 Å². The van der Waals surface area contributed by atoms with Crippen LogP contribution in [0.2, 0.25) is 0 Å². The Morgan fingerprint density at radius 2 is 2.15 bits per heavy atom. The molecule has 2 aromatic rings. The lowest BCUT2D eigenvalue weighted by molar-refractivity contribution is 0.448. The third-order valence-corrected chi connectivity index (χ3v) is 1.90. The normalized spacial score (nSPS) is 11.3. The molecule has 68 valence electrons. The summed E-state index contributed by atoms with van der Waals surface area (Å²) in [5, 5.41) is 9.43. The van der Waals surface area contributed by atoms with Crippen LogP contribution in [-0.2, 0) is 0 Å². The van der Waals surface area contributed by atoms with Gasteiger partial charge in [-0.2, -0.15) is 0 Å². The van der Waals surface area contributed by atoms with E-state index in [-0.39, 0.29) is 11.7 Å². The molecule has 0 radical (unpaired) electrons. The number of rotatable bonds is 1. The minimum absolute atomic E-state index is 0.150. The Hall–Kier alpha value is -1.51. The highest BCUT2D eigenvalue weighted by Crippen LogP contribution is 2.27. The van der Waals surface area contributed by atoms with Crippen molar-refractivity contribution in [2.75, 3.05) is 0 Å². The Balaban J connectivity index is 2.68. The van der Waals surface area contributed by atoms with E-state index in [0.29, 0.717) is 17.0 Å². The molecule has 1 N–H and O–H groups in total. The summed E-state index contributed by atoms with van der Waals surface area (Å²) < 4.78 is 5.40. The molecule has 0 atom stereocenters. The molecule has 0 aliphatic carbocycles. The number of hydrogen-bond donors (Lipinski definition) is 1. The monoisotopic (exact) mass is 177 g/mol. The number of aromatic hydroxyl groups is 1. The van der Waals surface area contributed by atoms with Gasteiger partial charge < -0.3 is 9.52 Å². The molecule has 0 spiro atoms. The molecule has 1 aromatic heterocycles. The lowest BCUT2D eigenvalue weighted by Crippen LogP contribution is -1.84. The SMILES string of the molecule is CC(C)c1nc2cccc(O)c2o1. The van der Waals surface area contributed by atoms with Crippen LogP contribution < -0.4 is 0 Å². The standard InChI is InChI=1S/C10H11NO2/c1-6(2)10-11-7-4-3-5-8(12)9(7)13-10/h3-6,12H,1-2H3. The fourth-order valence-electron chi connectivity index (χ4n) is 1.20. The van der Waals surface area contributed by atoms with Crippen molar-refractivity contribution in [3.63, 3.8) is 0 Å². The van der Waals surface area contributed by atoms with E-state index in [9.17, 15) is 5.11 Å². The lowest BCUT2D eigenvalue weighted by atomic mass is 10.2. The zero-order valence-corrected chi connectivity index (χ0v) is 7.61. The van der Waals surface area contributed by atoms with Gasteiger partial charge in [-0.3, -0.25) is 0 Å². The van der Waals surface area contributed by atoms with E-state index in [1.165, 1.54) is 0 Å². The van der Waals surface area contributed by atoms with Crippen molar-refractivity contribution >= 4 is 11.1 Å². The van der Waals surface area contributed by atoms with Gasteiger partial charge in [-0.15, -0.1) is 0 Å². The van der Waals surface area contributed by atoms with Gasteiger partial charge in [0, 0.05) is 5.92 Å². The van der Waals surface area contributed by atoms with Gasteiger partial charge in [-0.1, -0.05) is 19.9 Å². The second-order valence-electron chi connectivity index (χ2n) is 3.33. The fraction of sp³-hybridized carbons (Fsp3) is 0.300. The second-order valence-corrected chi connectivity index (χ2v) is 3.33. The molecule has 0 fully saturated rings. The van der Waals surface area contributed by atoms with Crippen molar-refractivity contribution in [2.24, 2.45) is 0 Å². The molecule has 0 aliphatic rings. The smallest absolute Gasteiger partial charge is 0.198 e. The first kappa shape index (κ1) is 8.10. The van der Waals surface area contributed by atoms with E-state index in [0.717, 1.165) is 0 Å². The summed E-state index contributed by atoms with van der Waals surface area (Å²) >= 11 is 0. The number of phenols is 1. The molecule has 0 saturated carbocycles. The Bertz CT molecular complexity index is 431. The topological polar surface area (TPSA) is 46.3 Å². The molecule has 13 heavy (non-hydrogen) atoms. The Morgan fingerprint density at radius 3 is 2.77 bits per heavy atom. The number of nitrogens with zero attached hydrogens (tertiary/aromatic N) is 1. The molecule has 3 nitrogen and oxygen atoms in total. The van der Waals surface area contributed by atoms with Crippen LogP contribution in [0.3, 0.4) is 0 Å². The molecule has 0 unspecified atom stereocenters. The van der Waals surface area contributed by atoms with E-state index in [1.54, 1.807) is 12.1 Å². The number of aromatic nitrogens is 1. The Kier molecular flexibility index (Phi) is 1.72. The number of benzene rings is 1. The molecular formula is C10H11NO2. The van der Waals surface area contributed by atoms with E-state index in [4.69, 9.17) is 4.42 Å². The molecule has 1 aromatic carbocycles. The van der Waals surface area contributed by atoms with Gasteiger partial charge in [-0.25, -0.2) is 4.98 Å². The lowest BCUT2D eigenvalue weighted by Gasteiger charge is -1.94. The van der Waals surface area contributed by atoms with Gasteiger partial charge in [0.05, 0.1) is 0 Å². The number of hydrogen-bond acceptors (Lipinski definition) is 3. The van der Waals surface area contributed by atoms with Crippen LogP contribution in [0.15, 0.2) is 22.6 Å². The largest absolute Gasteiger partial charge is 0.504 e. The summed E-state index contributed by atoms with van der Waals surface area (Å²) in [6, 6.07) is 5.17. The Morgan fingerprint density at radius 1 is 1.38 bits per heavy atom. The first-order chi connectivity index (χ1) is 6.18. The molecule has 0 saturated heterocycles. The van der Waals surface area contributed by atoms with Crippen molar-refractivity contribution in [1.29, 1.82) is 0 Å². The third kappa shape index (κ3) is 1.26. The molecule has 0 bridgehead atoms.